The van der Waals surface area contributed by atoms with Crippen molar-refractivity contribution in [3.63, 3.8) is 0 Å². The van der Waals surface area contributed by atoms with Crippen LogP contribution in [0.25, 0.3) is 0 Å². The summed E-state index contributed by atoms with van der Waals surface area (Å²) in [7, 11) is -2.19. The van der Waals surface area contributed by atoms with Gasteiger partial charge in [-0.25, -0.2) is 12.8 Å². The van der Waals surface area contributed by atoms with Gasteiger partial charge in [0.25, 0.3) is 10.0 Å². The maximum Gasteiger partial charge on any atom is 0.261 e. The molecule has 0 bridgehead atoms. The first-order valence-electron chi connectivity index (χ1n) is 8.17. The third-order valence-electron chi connectivity index (χ3n) is 3.94. The number of sulfonamides is 1. The zero-order valence-electron chi connectivity index (χ0n) is 14.9. The van der Waals surface area contributed by atoms with Crippen molar-refractivity contribution in [1.29, 1.82) is 0 Å². The molecule has 2 N–H and O–H groups in total. The molecule has 0 saturated carbocycles. The van der Waals surface area contributed by atoms with Crippen LogP contribution in [-0.2, 0) is 10.0 Å². The van der Waals surface area contributed by atoms with E-state index in [4.69, 9.17) is 4.74 Å². The van der Waals surface area contributed by atoms with Gasteiger partial charge in [0.15, 0.2) is 0 Å². The third-order valence-corrected chi connectivity index (χ3v) is 5.31. The Labute approximate surface area is 157 Å². The molecule has 140 valence electrons. The molecule has 0 fully saturated rings. The summed E-state index contributed by atoms with van der Waals surface area (Å²) in [4.78, 5) is 0.0139. The standard InChI is InChI=1S/C20H19FN2O3S/c1-14-12-19(10-11-20(14)21)27(24,25)23-16-8-6-15(7-9-16)22-17-4-3-5-18(13-17)26-2/h3-13,22-23H,1-2H3. The van der Waals surface area contributed by atoms with Gasteiger partial charge in [0.1, 0.15) is 11.6 Å². The molecule has 0 radical (unpaired) electrons. The lowest BCUT2D eigenvalue weighted by Gasteiger charge is -2.11. The van der Waals surface area contributed by atoms with Gasteiger partial charge >= 0.3 is 0 Å². The number of methoxy groups -OCH3 is 1. The Morgan fingerprint density at radius 3 is 2.26 bits per heavy atom. The fourth-order valence-electron chi connectivity index (χ4n) is 2.49. The molecule has 0 unspecified atom stereocenters. The summed E-state index contributed by atoms with van der Waals surface area (Å²) in [6.45, 7) is 1.52. The van der Waals surface area contributed by atoms with Crippen molar-refractivity contribution in [2.75, 3.05) is 17.1 Å². The zero-order valence-corrected chi connectivity index (χ0v) is 15.7. The van der Waals surface area contributed by atoms with Crippen LogP contribution in [0.15, 0.2) is 71.6 Å². The molecule has 0 aliphatic heterocycles. The molecule has 3 rings (SSSR count). The van der Waals surface area contributed by atoms with Gasteiger partial charge in [0.05, 0.1) is 12.0 Å². The van der Waals surface area contributed by atoms with Crippen LogP contribution in [-0.4, -0.2) is 15.5 Å². The van der Waals surface area contributed by atoms with E-state index in [0.29, 0.717) is 5.69 Å². The summed E-state index contributed by atoms with van der Waals surface area (Å²) >= 11 is 0. The second-order valence-corrected chi connectivity index (χ2v) is 7.63. The Bertz CT molecular complexity index is 1050. The van der Waals surface area contributed by atoms with Crippen LogP contribution in [0.5, 0.6) is 5.75 Å². The lowest BCUT2D eigenvalue weighted by atomic mass is 10.2. The van der Waals surface area contributed by atoms with E-state index in [-0.39, 0.29) is 10.5 Å². The summed E-state index contributed by atoms with van der Waals surface area (Å²) in [6.07, 6.45) is 0. The minimum absolute atomic E-state index is 0.0139. The molecule has 0 aromatic heterocycles. The van der Waals surface area contributed by atoms with Gasteiger partial charge in [-0.05, 0) is 67.1 Å². The van der Waals surface area contributed by atoms with Crippen molar-refractivity contribution in [1.82, 2.24) is 0 Å². The highest BCUT2D eigenvalue weighted by Gasteiger charge is 2.15. The number of ether oxygens (including phenoxy) is 1. The van der Waals surface area contributed by atoms with Crippen LogP contribution >= 0.6 is 0 Å². The lowest BCUT2D eigenvalue weighted by Crippen LogP contribution is -2.13. The molecule has 0 amide bonds. The molecule has 3 aromatic rings. The molecule has 0 aliphatic rings. The monoisotopic (exact) mass is 386 g/mol. The number of hydrogen-bond acceptors (Lipinski definition) is 4. The fraction of sp³-hybridized carbons (Fsp3) is 0.100. The Morgan fingerprint density at radius 2 is 1.59 bits per heavy atom. The van der Waals surface area contributed by atoms with Crippen molar-refractivity contribution in [2.24, 2.45) is 0 Å². The quantitative estimate of drug-likeness (QED) is 0.645. The molecule has 7 heteroatoms. The minimum atomic E-state index is -3.79. The van der Waals surface area contributed by atoms with Gasteiger partial charge in [0.2, 0.25) is 0 Å². The van der Waals surface area contributed by atoms with Crippen LogP contribution in [0.3, 0.4) is 0 Å². The summed E-state index contributed by atoms with van der Waals surface area (Å²) < 4.78 is 45.9. The molecule has 0 spiro atoms. The molecular formula is C20H19FN2O3S. The maximum atomic E-state index is 13.4. The number of hydrogen-bond donors (Lipinski definition) is 2. The highest BCUT2D eigenvalue weighted by Crippen LogP contribution is 2.24. The zero-order chi connectivity index (χ0) is 19.4. The van der Waals surface area contributed by atoms with Gasteiger partial charge in [-0.1, -0.05) is 6.07 Å². The Balaban J connectivity index is 1.74. The predicted molar refractivity (Wildman–Crippen MR) is 105 cm³/mol. The lowest BCUT2D eigenvalue weighted by molar-refractivity contribution is 0.415. The molecular weight excluding hydrogens is 367 g/mol. The SMILES string of the molecule is COc1cccc(Nc2ccc(NS(=O)(=O)c3ccc(F)c(C)c3)cc2)c1. The van der Waals surface area contributed by atoms with E-state index >= 15 is 0 Å². The first kappa shape index (κ1) is 18.7. The van der Waals surface area contributed by atoms with Crippen molar-refractivity contribution in [3.8, 4) is 5.75 Å². The van der Waals surface area contributed by atoms with Crippen molar-refractivity contribution >= 4 is 27.1 Å². The van der Waals surface area contributed by atoms with E-state index in [1.807, 2.05) is 24.3 Å². The topological polar surface area (TPSA) is 67.4 Å². The first-order valence-corrected chi connectivity index (χ1v) is 9.66. The van der Waals surface area contributed by atoms with Crippen LogP contribution in [0.2, 0.25) is 0 Å². The third kappa shape index (κ3) is 4.57. The second kappa shape index (κ2) is 7.67. The highest BCUT2D eigenvalue weighted by molar-refractivity contribution is 7.92. The van der Waals surface area contributed by atoms with Gasteiger partial charge < -0.3 is 10.1 Å². The summed E-state index contributed by atoms with van der Waals surface area (Å²) in [5, 5.41) is 3.22. The van der Waals surface area contributed by atoms with Crippen molar-refractivity contribution in [3.05, 3.63) is 78.1 Å². The molecule has 3 aromatic carbocycles. The molecule has 0 aliphatic carbocycles. The van der Waals surface area contributed by atoms with E-state index in [9.17, 15) is 12.8 Å². The molecule has 5 nitrogen and oxygen atoms in total. The molecule has 27 heavy (non-hydrogen) atoms. The van der Waals surface area contributed by atoms with E-state index in [0.717, 1.165) is 23.2 Å². The van der Waals surface area contributed by atoms with Gasteiger partial charge in [-0.2, -0.15) is 0 Å². The van der Waals surface area contributed by atoms with E-state index in [1.54, 1.807) is 31.4 Å². The van der Waals surface area contributed by atoms with Gasteiger partial charge in [-0.15, -0.1) is 0 Å². The Hall–Kier alpha value is -3.06. The Morgan fingerprint density at radius 1 is 0.889 bits per heavy atom. The van der Waals surface area contributed by atoms with Crippen LogP contribution < -0.4 is 14.8 Å². The molecule has 0 atom stereocenters. The maximum absolute atomic E-state index is 13.4. The minimum Gasteiger partial charge on any atom is -0.497 e. The van der Waals surface area contributed by atoms with Crippen molar-refractivity contribution < 1.29 is 17.5 Å². The average Bonchev–Trinajstić information content (AvgIpc) is 2.65. The smallest absolute Gasteiger partial charge is 0.261 e. The summed E-state index contributed by atoms with van der Waals surface area (Å²) in [6, 6.07) is 18.0. The normalized spacial score (nSPS) is 11.1. The van der Waals surface area contributed by atoms with Crippen LogP contribution in [0.1, 0.15) is 5.56 Å². The summed E-state index contributed by atoms with van der Waals surface area (Å²) in [5.74, 6) is 0.292. The predicted octanol–water partition coefficient (Wildman–Crippen LogP) is 4.69. The van der Waals surface area contributed by atoms with Crippen LogP contribution in [0.4, 0.5) is 21.5 Å². The van der Waals surface area contributed by atoms with E-state index < -0.39 is 15.8 Å². The number of nitrogens with one attached hydrogen (secondary N) is 2. The van der Waals surface area contributed by atoms with Crippen LogP contribution in [0, 0.1) is 12.7 Å². The number of rotatable bonds is 6. The van der Waals surface area contributed by atoms with Gasteiger partial charge in [-0.3, -0.25) is 4.72 Å². The molecule has 0 heterocycles. The Kier molecular flexibility index (Phi) is 5.32. The largest absolute Gasteiger partial charge is 0.497 e. The number of halogens is 1. The fourth-order valence-corrected chi connectivity index (χ4v) is 3.63. The second-order valence-electron chi connectivity index (χ2n) is 5.95. The number of anilines is 3. The number of aryl methyl sites for hydroxylation is 1. The van der Waals surface area contributed by atoms with E-state index in [1.165, 1.54) is 19.1 Å². The number of benzene rings is 3. The first-order chi connectivity index (χ1) is 12.9. The molecule has 0 saturated heterocycles. The highest BCUT2D eigenvalue weighted by atomic mass is 32.2. The van der Waals surface area contributed by atoms with Gasteiger partial charge in [0, 0.05) is 23.1 Å². The van der Waals surface area contributed by atoms with E-state index in [2.05, 4.69) is 10.0 Å². The van der Waals surface area contributed by atoms with Crippen molar-refractivity contribution in [2.45, 2.75) is 11.8 Å². The average molecular weight is 386 g/mol. The summed E-state index contributed by atoms with van der Waals surface area (Å²) in [5.41, 5.74) is 2.33.